The van der Waals surface area contributed by atoms with E-state index in [1.54, 1.807) is 12.3 Å². The van der Waals surface area contributed by atoms with E-state index in [1.165, 1.54) is 0 Å². The zero-order valence-corrected chi connectivity index (χ0v) is 13.2. The maximum absolute atomic E-state index is 12.2. The third kappa shape index (κ3) is 3.36. The van der Waals surface area contributed by atoms with Gasteiger partial charge in [-0.2, -0.15) is 0 Å². The van der Waals surface area contributed by atoms with Gasteiger partial charge >= 0.3 is 0 Å². The molecule has 2 rings (SSSR count). The standard InChI is InChI=1S/C15H16BrN3O/c1-10-7-12(9-17-14(10)16)18-15(20)11-5-4-6-13(8-11)19(2)3/h4-9H,1-3H3,(H,18,20). The van der Waals surface area contributed by atoms with Crippen LogP contribution in [0.3, 0.4) is 0 Å². The predicted octanol–water partition coefficient (Wildman–Crippen LogP) is 3.47. The average Bonchev–Trinajstić information content (AvgIpc) is 2.43. The summed E-state index contributed by atoms with van der Waals surface area (Å²) in [6, 6.07) is 9.36. The van der Waals surface area contributed by atoms with Crippen molar-refractivity contribution in [2.24, 2.45) is 0 Å². The Bertz CT molecular complexity index is 641. The third-order valence-corrected chi connectivity index (χ3v) is 3.73. The Kier molecular flexibility index (Phi) is 4.39. The van der Waals surface area contributed by atoms with Gasteiger partial charge in [-0.15, -0.1) is 0 Å². The second kappa shape index (κ2) is 6.05. The largest absolute Gasteiger partial charge is 0.378 e. The number of carbonyl (C=O) groups excluding carboxylic acids is 1. The highest BCUT2D eigenvalue weighted by atomic mass is 79.9. The lowest BCUT2D eigenvalue weighted by Crippen LogP contribution is -2.14. The Morgan fingerprint density at radius 2 is 2.05 bits per heavy atom. The molecule has 0 aliphatic carbocycles. The third-order valence-electron chi connectivity index (χ3n) is 2.90. The number of nitrogens with zero attached hydrogens (tertiary/aromatic N) is 2. The lowest BCUT2D eigenvalue weighted by Gasteiger charge is -2.13. The van der Waals surface area contributed by atoms with Crippen molar-refractivity contribution in [1.82, 2.24) is 4.98 Å². The molecule has 5 heteroatoms. The number of halogens is 1. The van der Waals surface area contributed by atoms with Crippen LogP contribution in [0, 0.1) is 6.92 Å². The van der Waals surface area contributed by atoms with Gasteiger partial charge in [-0.25, -0.2) is 4.98 Å². The first-order valence-corrected chi connectivity index (χ1v) is 6.97. The van der Waals surface area contributed by atoms with Crippen LogP contribution >= 0.6 is 15.9 Å². The zero-order chi connectivity index (χ0) is 14.7. The number of hydrogen-bond acceptors (Lipinski definition) is 3. The number of rotatable bonds is 3. The van der Waals surface area contributed by atoms with Crippen LogP contribution in [-0.4, -0.2) is 25.0 Å². The summed E-state index contributed by atoms with van der Waals surface area (Å²) in [6.07, 6.45) is 1.63. The molecule has 0 aliphatic rings. The molecule has 2 aromatic rings. The van der Waals surface area contributed by atoms with Crippen LogP contribution in [0.25, 0.3) is 0 Å². The van der Waals surface area contributed by atoms with Crippen molar-refractivity contribution in [1.29, 1.82) is 0 Å². The van der Waals surface area contributed by atoms with Crippen LogP contribution in [0.4, 0.5) is 11.4 Å². The van der Waals surface area contributed by atoms with Gasteiger partial charge in [0.15, 0.2) is 0 Å². The molecular weight excluding hydrogens is 318 g/mol. The number of aryl methyl sites for hydroxylation is 1. The monoisotopic (exact) mass is 333 g/mol. The Morgan fingerprint density at radius 1 is 1.30 bits per heavy atom. The lowest BCUT2D eigenvalue weighted by atomic mass is 10.1. The number of aromatic nitrogens is 1. The second-order valence-corrected chi connectivity index (χ2v) is 5.48. The first kappa shape index (κ1) is 14.5. The first-order chi connectivity index (χ1) is 9.47. The van der Waals surface area contributed by atoms with Gasteiger partial charge in [0.25, 0.3) is 5.91 Å². The fourth-order valence-electron chi connectivity index (χ4n) is 1.76. The van der Waals surface area contributed by atoms with Gasteiger partial charge in [0.05, 0.1) is 11.9 Å². The molecule has 0 bridgehead atoms. The smallest absolute Gasteiger partial charge is 0.255 e. The van der Waals surface area contributed by atoms with Gasteiger partial charge in [0.1, 0.15) is 4.60 Å². The molecular formula is C15H16BrN3O. The summed E-state index contributed by atoms with van der Waals surface area (Å²) in [5.41, 5.74) is 3.27. The Balaban J connectivity index is 2.19. The van der Waals surface area contributed by atoms with Gasteiger partial charge in [-0.3, -0.25) is 4.79 Å². The summed E-state index contributed by atoms with van der Waals surface area (Å²) in [6.45, 7) is 1.93. The maximum atomic E-state index is 12.2. The van der Waals surface area contributed by atoms with Crippen LogP contribution in [0.5, 0.6) is 0 Å². The van der Waals surface area contributed by atoms with Crippen LogP contribution in [0.2, 0.25) is 0 Å². The molecule has 1 amide bonds. The van der Waals surface area contributed by atoms with Gasteiger partial charge in [-0.1, -0.05) is 6.07 Å². The average molecular weight is 334 g/mol. The molecule has 0 saturated carbocycles. The highest BCUT2D eigenvalue weighted by Crippen LogP contribution is 2.18. The maximum Gasteiger partial charge on any atom is 0.255 e. The molecule has 0 atom stereocenters. The SMILES string of the molecule is Cc1cc(NC(=O)c2cccc(N(C)C)c2)cnc1Br. The number of nitrogens with one attached hydrogen (secondary N) is 1. The number of amides is 1. The quantitative estimate of drug-likeness (QED) is 0.874. The fraction of sp³-hybridized carbons (Fsp3) is 0.200. The number of anilines is 2. The van der Waals surface area contributed by atoms with Crippen molar-refractivity contribution < 1.29 is 4.79 Å². The minimum absolute atomic E-state index is 0.141. The van der Waals surface area contributed by atoms with Crippen LogP contribution in [-0.2, 0) is 0 Å². The van der Waals surface area contributed by atoms with Crippen molar-refractivity contribution >= 4 is 33.2 Å². The molecule has 1 aromatic heterocycles. The van der Waals surface area contributed by atoms with E-state index in [-0.39, 0.29) is 5.91 Å². The molecule has 0 radical (unpaired) electrons. The van der Waals surface area contributed by atoms with Gasteiger partial charge in [-0.05, 0) is 52.7 Å². The first-order valence-electron chi connectivity index (χ1n) is 6.18. The normalized spacial score (nSPS) is 10.2. The number of hydrogen-bond donors (Lipinski definition) is 1. The van der Waals surface area contributed by atoms with E-state index in [9.17, 15) is 4.79 Å². The van der Waals surface area contributed by atoms with E-state index in [1.807, 2.05) is 50.2 Å². The van der Waals surface area contributed by atoms with E-state index >= 15 is 0 Å². The molecule has 4 nitrogen and oxygen atoms in total. The van der Waals surface area contributed by atoms with E-state index in [0.29, 0.717) is 11.3 Å². The molecule has 1 N–H and O–H groups in total. The summed E-state index contributed by atoms with van der Waals surface area (Å²) < 4.78 is 0.783. The Hall–Kier alpha value is -1.88. The summed E-state index contributed by atoms with van der Waals surface area (Å²) in [4.78, 5) is 18.3. The second-order valence-electron chi connectivity index (χ2n) is 4.73. The molecule has 1 heterocycles. The van der Waals surface area contributed by atoms with Crippen LogP contribution in [0.1, 0.15) is 15.9 Å². The molecule has 0 aliphatic heterocycles. The van der Waals surface area contributed by atoms with Gasteiger partial charge in [0.2, 0.25) is 0 Å². The van der Waals surface area contributed by atoms with E-state index in [4.69, 9.17) is 0 Å². The van der Waals surface area contributed by atoms with Gasteiger partial charge in [0, 0.05) is 25.3 Å². The minimum atomic E-state index is -0.141. The lowest BCUT2D eigenvalue weighted by molar-refractivity contribution is 0.102. The van der Waals surface area contributed by atoms with Crippen LogP contribution in [0.15, 0.2) is 41.1 Å². The highest BCUT2D eigenvalue weighted by molar-refractivity contribution is 9.10. The highest BCUT2D eigenvalue weighted by Gasteiger charge is 2.08. The summed E-state index contributed by atoms with van der Waals surface area (Å²) in [5, 5.41) is 2.85. The van der Waals surface area contributed by atoms with Crippen LogP contribution < -0.4 is 10.2 Å². The summed E-state index contributed by atoms with van der Waals surface area (Å²) in [7, 11) is 3.89. The zero-order valence-electron chi connectivity index (χ0n) is 11.6. The fourth-order valence-corrected chi connectivity index (χ4v) is 1.97. The number of pyridine rings is 1. The van der Waals surface area contributed by atoms with E-state index in [2.05, 4.69) is 26.2 Å². The van der Waals surface area contributed by atoms with Crippen molar-refractivity contribution in [2.75, 3.05) is 24.3 Å². The molecule has 104 valence electrons. The van der Waals surface area contributed by atoms with Crippen molar-refractivity contribution in [3.63, 3.8) is 0 Å². The van der Waals surface area contributed by atoms with E-state index in [0.717, 1.165) is 15.9 Å². The van der Waals surface area contributed by atoms with Crippen molar-refractivity contribution in [3.8, 4) is 0 Å². The molecule has 0 spiro atoms. The minimum Gasteiger partial charge on any atom is -0.378 e. The summed E-state index contributed by atoms with van der Waals surface area (Å²) >= 11 is 3.34. The molecule has 20 heavy (non-hydrogen) atoms. The molecule has 1 aromatic carbocycles. The van der Waals surface area contributed by atoms with Crippen molar-refractivity contribution in [2.45, 2.75) is 6.92 Å². The van der Waals surface area contributed by atoms with Gasteiger partial charge < -0.3 is 10.2 Å². The predicted molar refractivity (Wildman–Crippen MR) is 85.4 cm³/mol. The number of carbonyl (C=O) groups is 1. The topological polar surface area (TPSA) is 45.2 Å². The number of benzene rings is 1. The Labute approximate surface area is 127 Å². The molecule has 0 unspecified atom stereocenters. The van der Waals surface area contributed by atoms with E-state index < -0.39 is 0 Å². The Morgan fingerprint density at radius 3 is 2.70 bits per heavy atom. The van der Waals surface area contributed by atoms with Crippen molar-refractivity contribution in [3.05, 3.63) is 52.3 Å². The molecule has 0 saturated heterocycles. The molecule has 0 fully saturated rings. The summed E-state index contributed by atoms with van der Waals surface area (Å²) in [5.74, 6) is -0.141.